The number of Topliss-reactive ketones (excluding diaryl/α,β-unsaturated/α-hetero) is 1. The summed E-state index contributed by atoms with van der Waals surface area (Å²) in [5, 5.41) is 18.5. The number of rotatable bonds is 6. The summed E-state index contributed by atoms with van der Waals surface area (Å²) < 4.78 is 4.49. The van der Waals surface area contributed by atoms with Gasteiger partial charge in [0.25, 0.3) is 0 Å². The second kappa shape index (κ2) is 7.42. The van der Waals surface area contributed by atoms with Gasteiger partial charge in [-0.25, -0.2) is 0 Å². The molecule has 0 aromatic heterocycles. The van der Waals surface area contributed by atoms with Gasteiger partial charge in [0.2, 0.25) is 0 Å². The quantitative estimate of drug-likeness (QED) is 0.556. The summed E-state index contributed by atoms with van der Waals surface area (Å²) in [5.41, 5.74) is 0.210. The molecule has 1 aliphatic carbocycles. The summed E-state index contributed by atoms with van der Waals surface area (Å²) in [7, 11) is 1.24. The van der Waals surface area contributed by atoms with Crippen LogP contribution in [0.5, 0.6) is 0 Å². The van der Waals surface area contributed by atoms with Crippen molar-refractivity contribution in [3.05, 3.63) is 11.3 Å². The van der Waals surface area contributed by atoms with E-state index in [0.717, 1.165) is 0 Å². The number of nitrogens with zero attached hydrogens (tertiary/aromatic N) is 1. The predicted octanol–water partition coefficient (Wildman–Crippen LogP) is 1.03. The van der Waals surface area contributed by atoms with Gasteiger partial charge in [-0.3, -0.25) is 19.4 Å². The number of carbonyl (C=O) groups is 3. The maximum atomic E-state index is 11.8. The van der Waals surface area contributed by atoms with Gasteiger partial charge in [0.1, 0.15) is 12.3 Å². The largest absolute Gasteiger partial charge is 0.511 e. The van der Waals surface area contributed by atoms with Gasteiger partial charge in [-0.1, -0.05) is 0 Å². The Kier molecular flexibility index (Phi) is 5.89. The third-order valence-electron chi connectivity index (χ3n) is 2.87. The summed E-state index contributed by atoms with van der Waals surface area (Å²) in [6, 6.07) is 0. The summed E-state index contributed by atoms with van der Waals surface area (Å²) >= 11 is 0. The van der Waals surface area contributed by atoms with Gasteiger partial charge >= 0.3 is 11.9 Å². The Bertz CT molecular complexity index is 477. The monoisotopic (exact) mass is 283 g/mol. The Balaban J connectivity index is 2.97. The molecule has 0 saturated heterocycles. The second-order valence-corrected chi connectivity index (χ2v) is 4.33. The van der Waals surface area contributed by atoms with Gasteiger partial charge in [0.05, 0.1) is 24.8 Å². The summed E-state index contributed by atoms with van der Waals surface area (Å²) in [5.74, 6) is -2.00. The fraction of sp³-hybridized carbons (Fsp3) is 0.538. The van der Waals surface area contributed by atoms with Crippen LogP contribution < -0.4 is 0 Å². The highest BCUT2D eigenvalue weighted by Crippen LogP contribution is 2.23. The van der Waals surface area contributed by atoms with Crippen LogP contribution in [-0.4, -0.2) is 47.3 Å². The number of esters is 1. The fourth-order valence-corrected chi connectivity index (χ4v) is 1.92. The first kappa shape index (κ1) is 15.9. The number of ether oxygens (including phenoxy) is 1. The number of aliphatic imine (C=N–C) groups is 1. The Morgan fingerprint density at radius 3 is 2.55 bits per heavy atom. The van der Waals surface area contributed by atoms with Crippen molar-refractivity contribution in [2.75, 3.05) is 13.7 Å². The Morgan fingerprint density at radius 2 is 2.00 bits per heavy atom. The van der Waals surface area contributed by atoms with Crippen molar-refractivity contribution < 1.29 is 29.3 Å². The first-order valence-electron chi connectivity index (χ1n) is 6.23. The van der Waals surface area contributed by atoms with E-state index < -0.39 is 18.5 Å². The van der Waals surface area contributed by atoms with Gasteiger partial charge < -0.3 is 14.9 Å². The van der Waals surface area contributed by atoms with Crippen LogP contribution in [0.1, 0.15) is 32.1 Å². The van der Waals surface area contributed by atoms with Gasteiger partial charge in [-0.2, -0.15) is 0 Å². The molecule has 0 fully saturated rings. The number of carboxylic acid groups (broad SMARTS) is 1. The van der Waals surface area contributed by atoms with Crippen LogP contribution in [0, 0.1) is 0 Å². The molecule has 1 rings (SSSR count). The molecule has 7 nitrogen and oxygen atoms in total. The summed E-state index contributed by atoms with van der Waals surface area (Å²) in [4.78, 5) is 37.4. The molecule has 2 N–H and O–H groups in total. The van der Waals surface area contributed by atoms with Crippen LogP contribution in [0.15, 0.2) is 16.3 Å². The zero-order valence-corrected chi connectivity index (χ0v) is 11.2. The molecule has 0 atom stereocenters. The summed E-state index contributed by atoms with van der Waals surface area (Å²) in [6.45, 7) is -0.513. The highest BCUT2D eigenvalue weighted by atomic mass is 16.5. The van der Waals surface area contributed by atoms with E-state index in [9.17, 15) is 19.5 Å². The molecule has 0 aromatic rings. The molecule has 0 bridgehead atoms. The topological polar surface area (TPSA) is 113 Å². The highest BCUT2D eigenvalue weighted by molar-refractivity contribution is 6.23. The van der Waals surface area contributed by atoms with Crippen molar-refractivity contribution in [1.82, 2.24) is 0 Å². The van der Waals surface area contributed by atoms with E-state index in [-0.39, 0.29) is 42.1 Å². The Hall–Kier alpha value is -2.18. The Labute approximate surface area is 116 Å². The van der Waals surface area contributed by atoms with Crippen LogP contribution in [0.3, 0.4) is 0 Å². The zero-order chi connectivity index (χ0) is 15.1. The van der Waals surface area contributed by atoms with E-state index in [1.165, 1.54) is 7.11 Å². The lowest BCUT2D eigenvalue weighted by Gasteiger charge is -2.16. The minimum atomic E-state index is -1.15. The number of aliphatic carboxylic acids is 1. The third kappa shape index (κ3) is 4.49. The number of methoxy groups -OCH3 is 1. The molecule has 0 spiro atoms. The van der Waals surface area contributed by atoms with Gasteiger partial charge in [-0.15, -0.1) is 0 Å². The number of aliphatic hydroxyl groups is 1. The van der Waals surface area contributed by atoms with E-state index in [1.807, 2.05) is 0 Å². The van der Waals surface area contributed by atoms with Crippen molar-refractivity contribution >= 4 is 23.4 Å². The van der Waals surface area contributed by atoms with E-state index in [2.05, 4.69) is 9.73 Å². The molecule has 0 radical (unpaired) electrons. The molecular formula is C13H17NO6. The first-order valence-corrected chi connectivity index (χ1v) is 6.23. The minimum Gasteiger partial charge on any atom is -0.511 e. The lowest BCUT2D eigenvalue weighted by Crippen LogP contribution is -2.21. The normalized spacial score (nSPS) is 16.2. The molecule has 0 aromatic carbocycles. The Morgan fingerprint density at radius 1 is 1.30 bits per heavy atom. The maximum Gasteiger partial charge on any atom is 0.325 e. The molecule has 0 amide bonds. The van der Waals surface area contributed by atoms with Crippen molar-refractivity contribution in [2.45, 2.75) is 32.1 Å². The van der Waals surface area contributed by atoms with Crippen LogP contribution in [0.4, 0.5) is 0 Å². The lowest BCUT2D eigenvalue weighted by atomic mass is 9.91. The number of aliphatic hydroxyl groups excluding tert-OH is 1. The summed E-state index contributed by atoms with van der Waals surface area (Å²) in [6.07, 6.45) is 1.22. The molecule has 7 heteroatoms. The molecule has 110 valence electrons. The van der Waals surface area contributed by atoms with Gasteiger partial charge in [-0.05, 0) is 6.42 Å². The van der Waals surface area contributed by atoms with Crippen LogP contribution in [0.25, 0.3) is 0 Å². The number of ketones is 1. The number of allylic oxidation sites excluding steroid dienone is 2. The van der Waals surface area contributed by atoms with E-state index in [4.69, 9.17) is 5.11 Å². The van der Waals surface area contributed by atoms with Crippen molar-refractivity contribution in [3.63, 3.8) is 0 Å². The van der Waals surface area contributed by atoms with Crippen molar-refractivity contribution in [1.29, 1.82) is 0 Å². The smallest absolute Gasteiger partial charge is 0.325 e. The van der Waals surface area contributed by atoms with Crippen LogP contribution in [0.2, 0.25) is 0 Å². The SMILES string of the molecule is COC(=O)CCC(=NCC(=O)O)C1=C(O)CCCC1=O. The molecule has 0 heterocycles. The first-order chi connectivity index (χ1) is 9.45. The van der Waals surface area contributed by atoms with Crippen LogP contribution >= 0.6 is 0 Å². The number of carboxylic acids is 1. The molecule has 0 aliphatic heterocycles. The second-order valence-electron chi connectivity index (χ2n) is 4.33. The standard InChI is InChI=1S/C13H17NO6/c1-20-12(19)6-5-8(14-7-11(17)18)13-9(15)3-2-4-10(13)16/h15H,2-7H2,1H3,(H,17,18). The van der Waals surface area contributed by atoms with Gasteiger partial charge in [0, 0.05) is 19.3 Å². The molecular weight excluding hydrogens is 266 g/mol. The highest BCUT2D eigenvalue weighted by Gasteiger charge is 2.25. The number of hydrogen-bond donors (Lipinski definition) is 2. The van der Waals surface area contributed by atoms with E-state index in [0.29, 0.717) is 12.8 Å². The third-order valence-corrected chi connectivity index (χ3v) is 2.87. The average molecular weight is 283 g/mol. The van der Waals surface area contributed by atoms with Crippen molar-refractivity contribution in [2.24, 2.45) is 4.99 Å². The molecule has 0 unspecified atom stereocenters. The van der Waals surface area contributed by atoms with E-state index >= 15 is 0 Å². The molecule has 20 heavy (non-hydrogen) atoms. The predicted molar refractivity (Wildman–Crippen MR) is 69.7 cm³/mol. The minimum absolute atomic E-state index is 0.0288. The van der Waals surface area contributed by atoms with Gasteiger partial charge in [0.15, 0.2) is 5.78 Å². The molecule has 1 aliphatic rings. The number of carbonyl (C=O) groups excluding carboxylic acids is 2. The molecule has 0 saturated carbocycles. The number of hydrogen-bond acceptors (Lipinski definition) is 6. The zero-order valence-electron chi connectivity index (χ0n) is 11.2. The average Bonchev–Trinajstić information content (AvgIpc) is 2.40. The lowest BCUT2D eigenvalue weighted by molar-refractivity contribution is -0.140. The van der Waals surface area contributed by atoms with Crippen LogP contribution in [-0.2, 0) is 19.1 Å². The fourth-order valence-electron chi connectivity index (χ4n) is 1.92. The maximum absolute atomic E-state index is 11.8. The van der Waals surface area contributed by atoms with E-state index in [1.54, 1.807) is 0 Å². The van der Waals surface area contributed by atoms with Crippen molar-refractivity contribution in [3.8, 4) is 0 Å².